The van der Waals surface area contributed by atoms with Crippen LogP contribution >= 0.6 is 0 Å². The van der Waals surface area contributed by atoms with Gasteiger partial charge >= 0.3 is 11.8 Å². The average molecular weight is 397 g/mol. The van der Waals surface area contributed by atoms with E-state index in [0.29, 0.717) is 25.2 Å². The second-order valence-corrected chi connectivity index (χ2v) is 13.1. The highest BCUT2D eigenvalue weighted by Crippen LogP contribution is 2.39. The van der Waals surface area contributed by atoms with E-state index in [1.807, 2.05) is 4.90 Å². The molecular weight excluding hydrogens is 368 g/mol. The molecule has 1 aliphatic rings. The SMILES string of the molecule is CC(C)(C)[Si](C)(C)OC1CN(c2ccncc2[N+](=O)[O-])CCC1NC(=O)O. The number of piperidine rings is 1. The van der Waals surface area contributed by atoms with Gasteiger partial charge in [0.15, 0.2) is 8.32 Å². The third-order valence-corrected chi connectivity index (χ3v) is 9.94. The van der Waals surface area contributed by atoms with E-state index in [2.05, 4.69) is 44.2 Å². The summed E-state index contributed by atoms with van der Waals surface area (Å²) in [4.78, 5) is 27.8. The molecular formula is C17H28N4O5Si. The number of nitrogens with one attached hydrogen (secondary N) is 1. The van der Waals surface area contributed by atoms with E-state index in [1.165, 1.54) is 12.4 Å². The highest BCUT2D eigenvalue weighted by molar-refractivity contribution is 6.74. The summed E-state index contributed by atoms with van der Waals surface area (Å²) in [5.74, 6) is 0. The van der Waals surface area contributed by atoms with Crippen LogP contribution in [0.25, 0.3) is 0 Å². The highest BCUT2D eigenvalue weighted by atomic mass is 28.4. The first-order valence-corrected chi connectivity index (χ1v) is 11.8. The van der Waals surface area contributed by atoms with Crippen LogP contribution in [-0.4, -0.2) is 54.7 Å². The molecule has 10 heteroatoms. The molecule has 1 aromatic heterocycles. The minimum Gasteiger partial charge on any atom is -0.465 e. The second-order valence-electron chi connectivity index (χ2n) is 8.33. The average Bonchev–Trinajstić information content (AvgIpc) is 2.54. The van der Waals surface area contributed by atoms with Crippen LogP contribution in [0.5, 0.6) is 0 Å². The van der Waals surface area contributed by atoms with Gasteiger partial charge in [0, 0.05) is 19.3 Å². The van der Waals surface area contributed by atoms with Gasteiger partial charge in [0.25, 0.3) is 0 Å². The zero-order valence-corrected chi connectivity index (χ0v) is 17.4. The fraction of sp³-hybridized carbons (Fsp3) is 0.647. The fourth-order valence-electron chi connectivity index (χ4n) is 2.92. The maximum Gasteiger partial charge on any atom is 0.404 e. The lowest BCUT2D eigenvalue weighted by molar-refractivity contribution is -0.384. The number of aromatic nitrogens is 1. The molecule has 1 aliphatic heterocycles. The molecule has 1 fully saturated rings. The predicted octanol–water partition coefficient (Wildman–Crippen LogP) is 3.23. The number of carbonyl (C=O) groups is 1. The monoisotopic (exact) mass is 396 g/mol. The van der Waals surface area contributed by atoms with Crippen LogP contribution in [0, 0.1) is 10.1 Å². The molecule has 2 unspecified atom stereocenters. The molecule has 0 aromatic carbocycles. The van der Waals surface area contributed by atoms with Gasteiger partial charge in [-0.05, 0) is 30.6 Å². The van der Waals surface area contributed by atoms with Crippen LogP contribution in [0.2, 0.25) is 18.1 Å². The van der Waals surface area contributed by atoms with Gasteiger partial charge < -0.3 is 19.7 Å². The summed E-state index contributed by atoms with van der Waals surface area (Å²) < 4.78 is 6.49. The smallest absolute Gasteiger partial charge is 0.404 e. The summed E-state index contributed by atoms with van der Waals surface area (Å²) in [6.45, 7) is 11.4. The van der Waals surface area contributed by atoms with Crippen LogP contribution in [0.15, 0.2) is 18.5 Å². The van der Waals surface area contributed by atoms with E-state index in [1.54, 1.807) is 6.07 Å². The summed E-state index contributed by atoms with van der Waals surface area (Å²) in [7, 11) is -2.16. The summed E-state index contributed by atoms with van der Waals surface area (Å²) in [5.41, 5.74) is 0.417. The Morgan fingerprint density at radius 3 is 2.70 bits per heavy atom. The number of nitrogens with zero attached hydrogens (tertiary/aromatic N) is 3. The Morgan fingerprint density at radius 2 is 2.15 bits per heavy atom. The van der Waals surface area contributed by atoms with Crippen molar-refractivity contribution in [1.29, 1.82) is 0 Å². The largest absolute Gasteiger partial charge is 0.465 e. The maximum absolute atomic E-state index is 11.3. The first-order valence-electron chi connectivity index (χ1n) is 8.93. The van der Waals surface area contributed by atoms with E-state index >= 15 is 0 Å². The van der Waals surface area contributed by atoms with Crippen molar-refractivity contribution in [3.63, 3.8) is 0 Å². The second kappa shape index (κ2) is 7.81. The van der Waals surface area contributed by atoms with Crippen molar-refractivity contribution in [2.24, 2.45) is 0 Å². The number of hydrogen-bond acceptors (Lipinski definition) is 6. The van der Waals surface area contributed by atoms with Crippen molar-refractivity contribution in [2.45, 2.75) is 57.5 Å². The van der Waals surface area contributed by atoms with Crippen molar-refractivity contribution in [2.75, 3.05) is 18.0 Å². The van der Waals surface area contributed by atoms with E-state index in [9.17, 15) is 20.0 Å². The molecule has 150 valence electrons. The molecule has 0 radical (unpaired) electrons. The first kappa shape index (κ1) is 21.1. The van der Waals surface area contributed by atoms with Crippen molar-refractivity contribution in [3.8, 4) is 0 Å². The summed E-state index contributed by atoms with van der Waals surface area (Å²) in [6.07, 6.45) is 1.79. The van der Waals surface area contributed by atoms with Gasteiger partial charge in [-0.3, -0.25) is 15.1 Å². The van der Waals surface area contributed by atoms with E-state index in [4.69, 9.17) is 4.43 Å². The van der Waals surface area contributed by atoms with Gasteiger partial charge in [0.05, 0.1) is 17.1 Å². The Bertz CT molecular complexity index is 707. The van der Waals surface area contributed by atoms with Gasteiger partial charge in [-0.1, -0.05) is 20.8 Å². The quantitative estimate of drug-likeness (QED) is 0.445. The molecule has 1 aromatic rings. The fourth-order valence-corrected chi connectivity index (χ4v) is 4.27. The van der Waals surface area contributed by atoms with Crippen LogP contribution in [0.1, 0.15) is 27.2 Å². The Balaban J connectivity index is 2.30. The summed E-state index contributed by atoms with van der Waals surface area (Å²) in [6, 6.07) is 1.26. The Kier molecular flexibility index (Phi) is 6.10. The molecule has 1 saturated heterocycles. The molecule has 2 heterocycles. The maximum atomic E-state index is 11.3. The zero-order chi connectivity index (χ0) is 20.4. The van der Waals surface area contributed by atoms with Crippen molar-refractivity contribution in [1.82, 2.24) is 10.3 Å². The van der Waals surface area contributed by atoms with Gasteiger partial charge in [0.2, 0.25) is 0 Å². The van der Waals surface area contributed by atoms with Crippen LogP contribution < -0.4 is 10.2 Å². The number of carboxylic acid groups (broad SMARTS) is 1. The lowest BCUT2D eigenvalue weighted by atomic mass is 10.0. The van der Waals surface area contributed by atoms with E-state index in [0.717, 1.165) is 0 Å². The minimum atomic E-state index is -2.16. The molecule has 2 N–H and O–H groups in total. The number of anilines is 1. The van der Waals surface area contributed by atoms with Gasteiger partial charge in [-0.25, -0.2) is 4.79 Å². The standard InChI is InChI=1S/C17H28N4O5Si/c1-17(2,3)27(4,5)26-15-11-20(9-7-12(15)19-16(22)23)13-6-8-18-10-14(13)21(24)25/h6,8,10,12,15,19H,7,9,11H2,1-5H3,(H,22,23). The lowest BCUT2D eigenvalue weighted by Crippen LogP contribution is -2.59. The highest BCUT2D eigenvalue weighted by Gasteiger charge is 2.43. The lowest BCUT2D eigenvalue weighted by Gasteiger charge is -2.45. The van der Waals surface area contributed by atoms with Crippen molar-refractivity contribution >= 4 is 25.8 Å². The molecule has 1 amide bonds. The number of pyridine rings is 1. The third kappa shape index (κ3) is 4.95. The number of hydrogen-bond donors (Lipinski definition) is 2. The van der Waals surface area contributed by atoms with Crippen molar-refractivity contribution < 1.29 is 19.3 Å². The van der Waals surface area contributed by atoms with Gasteiger partial charge in [-0.15, -0.1) is 0 Å². The number of rotatable bonds is 5. The van der Waals surface area contributed by atoms with Crippen molar-refractivity contribution in [3.05, 3.63) is 28.6 Å². The molecule has 27 heavy (non-hydrogen) atoms. The van der Waals surface area contributed by atoms with Gasteiger partial charge in [0.1, 0.15) is 11.9 Å². The Hall–Kier alpha value is -2.20. The molecule has 0 aliphatic carbocycles. The number of amides is 1. The number of nitro groups is 1. The third-order valence-electron chi connectivity index (χ3n) is 5.44. The predicted molar refractivity (Wildman–Crippen MR) is 105 cm³/mol. The molecule has 2 rings (SSSR count). The minimum absolute atomic E-state index is 0.0360. The first-order chi connectivity index (χ1) is 12.4. The molecule has 9 nitrogen and oxygen atoms in total. The molecule has 2 atom stereocenters. The normalized spacial score (nSPS) is 21.0. The Labute approximate surface area is 160 Å². The Morgan fingerprint density at radius 1 is 1.48 bits per heavy atom. The molecule has 0 saturated carbocycles. The molecule has 0 spiro atoms. The zero-order valence-electron chi connectivity index (χ0n) is 16.4. The van der Waals surface area contributed by atoms with E-state index < -0.39 is 19.3 Å². The van der Waals surface area contributed by atoms with E-state index in [-0.39, 0.29) is 22.9 Å². The topological polar surface area (TPSA) is 118 Å². The summed E-state index contributed by atoms with van der Waals surface area (Å²) >= 11 is 0. The van der Waals surface area contributed by atoms with Crippen LogP contribution in [0.3, 0.4) is 0 Å². The van der Waals surface area contributed by atoms with Crippen LogP contribution in [0.4, 0.5) is 16.2 Å². The van der Waals surface area contributed by atoms with Crippen LogP contribution in [-0.2, 0) is 4.43 Å². The molecule has 0 bridgehead atoms. The summed E-state index contributed by atoms with van der Waals surface area (Å²) in [5, 5.41) is 23.0. The van der Waals surface area contributed by atoms with Gasteiger partial charge in [-0.2, -0.15) is 0 Å².